The number of aromatic amines is 1. The van der Waals surface area contributed by atoms with E-state index in [1.54, 1.807) is 30.5 Å². The Balaban J connectivity index is 1.35. The SMILES string of the molecule is O=C(Nc1ccc(Oc2nn[nH]n2)cc1)C1CCCN(c2ccccn2)C1. The number of rotatable bonds is 5. The first kappa shape index (κ1) is 17.0. The Labute approximate surface area is 155 Å². The van der Waals surface area contributed by atoms with Crippen molar-refractivity contribution in [3.8, 4) is 11.8 Å². The average Bonchev–Trinajstić information content (AvgIpc) is 3.23. The predicted octanol–water partition coefficient (Wildman–Crippen LogP) is 2.24. The van der Waals surface area contributed by atoms with Crippen LogP contribution in [0.1, 0.15) is 12.8 Å². The summed E-state index contributed by atoms with van der Waals surface area (Å²) in [7, 11) is 0. The van der Waals surface area contributed by atoms with Crippen molar-refractivity contribution >= 4 is 17.4 Å². The van der Waals surface area contributed by atoms with E-state index in [9.17, 15) is 4.79 Å². The first-order valence-corrected chi connectivity index (χ1v) is 8.76. The van der Waals surface area contributed by atoms with Crippen LogP contribution in [0.25, 0.3) is 0 Å². The predicted molar refractivity (Wildman–Crippen MR) is 98.5 cm³/mol. The highest BCUT2D eigenvalue weighted by Gasteiger charge is 2.26. The van der Waals surface area contributed by atoms with Crippen LogP contribution in [0, 0.1) is 5.92 Å². The number of carbonyl (C=O) groups is 1. The number of nitrogens with one attached hydrogen (secondary N) is 2. The largest absolute Gasteiger partial charge is 0.422 e. The maximum atomic E-state index is 12.7. The summed E-state index contributed by atoms with van der Waals surface area (Å²) in [5.74, 6) is 1.42. The molecule has 3 heterocycles. The summed E-state index contributed by atoms with van der Waals surface area (Å²) in [6.45, 7) is 1.59. The van der Waals surface area contributed by atoms with Gasteiger partial charge in [0.1, 0.15) is 11.6 Å². The molecule has 1 amide bonds. The van der Waals surface area contributed by atoms with Gasteiger partial charge in [-0.25, -0.2) is 4.98 Å². The van der Waals surface area contributed by atoms with E-state index in [1.807, 2.05) is 18.2 Å². The normalized spacial score (nSPS) is 16.7. The molecule has 27 heavy (non-hydrogen) atoms. The third-order valence-corrected chi connectivity index (χ3v) is 4.42. The Hall–Kier alpha value is -3.49. The summed E-state index contributed by atoms with van der Waals surface area (Å²) in [4.78, 5) is 19.2. The van der Waals surface area contributed by atoms with Crippen LogP contribution in [0.3, 0.4) is 0 Å². The Morgan fingerprint density at radius 1 is 1.22 bits per heavy atom. The number of H-pyrrole nitrogens is 1. The van der Waals surface area contributed by atoms with Crippen LogP contribution < -0.4 is 15.0 Å². The summed E-state index contributed by atoms with van der Waals surface area (Å²) >= 11 is 0. The highest BCUT2D eigenvalue weighted by molar-refractivity contribution is 5.93. The highest BCUT2D eigenvalue weighted by Crippen LogP contribution is 2.24. The van der Waals surface area contributed by atoms with Crippen molar-refractivity contribution < 1.29 is 9.53 Å². The lowest BCUT2D eigenvalue weighted by molar-refractivity contribution is -0.120. The molecular formula is C18H19N7O2. The van der Waals surface area contributed by atoms with Crippen molar-refractivity contribution in [3.05, 3.63) is 48.7 Å². The van der Waals surface area contributed by atoms with Gasteiger partial charge >= 0.3 is 6.01 Å². The smallest absolute Gasteiger partial charge is 0.361 e. The Morgan fingerprint density at radius 2 is 2.11 bits per heavy atom. The number of hydrogen-bond donors (Lipinski definition) is 2. The third-order valence-electron chi connectivity index (χ3n) is 4.42. The molecule has 1 saturated heterocycles. The molecular weight excluding hydrogens is 346 g/mol. The van der Waals surface area contributed by atoms with Crippen LogP contribution in [-0.4, -0.2) is 44.6 Å². The highest BCUT2D eigenvalue weighted by atomic mass is 16.5. The first-order valence-electron chi connectivity index (χ1n) is 8.76. The first-order chi connectivity index (χ1) is 13.3. The molecule has 3 aromatic rings. The Morgan fingerprint density at radius 3 is 2.85 bits per heavy atom. The molecule has 0 radical (unpaired) electrons. The maximum absolute atomic E-state index is 12.7. The van der Waals surface area contributed by atoms with E-state index in [0.717, 1.165) is 30.9 Å². The fraction of sp³-hybridized carbons (Fsp3) is 0.278. The molecule has 9 nitrogen and oxygen atoms in total. The molecule has 1 unspecified atom stereocenters. The standard InChI is InChI=1S/C18H19N7O2/c26-17(13-4-3-11-25(12-13)16-5-1-2-10-19-16)20-14-6-8-15(9-7-14)27-18-21-23-24-22-18/h1-2,5-10,13H,3-4,11-12H2,(H,20,26)(H,21,22,23,24). The molecule has 1 aliphatic rings. The van der Waals surface area contributed by atoms with Gasteiger partial charge in [-0.1, -0.05) is 16.3 Å². The molecule has 4 rings (SSSR count). The second-order valence-corrected chi connectivity index (χ2v) is 6.28. The molecule has 0 saturated carbocycles. The van der Waals surface area contributed by atoms with Crippen molar-refractivity contribution in [2.24, 2.45) is 5.92 Å². The number of carbonyl (C=O) groups excluding carboxylic acids is 1. The monoisotopic (exact) mass is 365 g/mol. The van der Waals surface area contributed by atoms with Crippen LogP contribution in [0.2, 0.25) is 0 Å². The number of aromatic nitrogens is 5. The summed E-state index contributed by atoms with van der Waals surface area (Å²) in [6.07, 6.45) is 3.61. The van der Waals surface area contributed by atoms with Crippen molar-refractivity contribution in [3.63, 3.8) is 0 Å². The molecule has 0 spiro atoms. The van der Waals surface area contributed by atoms with Crippen molar-refractivity contribution in [1.82, 2.24) is 25.6 Å². The number of piperidine rings is 1. The lowest BCUT2D eigenvalue weighted by atomic mass is 9.97. The minimum atomic E-state index is -0.0731. The second-order valence-electron chi connectivity index (χ2n) is 6.28. The maximum Gasteiger partial charge on any atom is 0.361 e. The summed E-state index contributed by atoms with van der Waals surface area (Å²) in [5.41, 5.74) is 0.718. The molecule has 1 atom stereocenters. The topological polar surface area (TPSA) is 109 Å². The van der Waals surface area contributed by atoms with Crippen LogP contribution in [0.4, 0.5) is 11.5 Å². The molecule has 2 N–H and O–H groups in total. The number of pyridine rings is 1. The van der Waals surface area contributed by atoms with Crippen molar-refractivity contribution in [1.29, 1.82) is 0 Å². The van der Waals surface area contributed by atoms with Gasteiger partial charge < -0.3 is 15.0 Å². The zero-order chi connectivity index (χ0) is 18.5. The number of ether oxygens (including phenoxy) is 1. The van der Waals surface area contributed by atoms with Crippen LogP contribution in [-0.2, 0) is 4.79 Å². The van der Waals surface area contributed by atoms with Crippen LogP contribution in [0.5, 0.6) is 11.8 Å². The van der Waals surface area contributed by atoms with Crippen LogP contribution >= 0.6 is 0 Å². The average molecular weight is 365 g/mol. The molecule has 9 heteroatoms. The fourth-order valence-corrected chi connectivity index (χ4v) is 3.09. The van der Waals surface area contributed by atoms with E-state index >= 15 is 0 Å². The Bertz CT molecular complexity index is 868. The van der Waals surface area contributed by atoms with E-state index < -0.39 is 0 Å². The van der Waals surface area contributed by atoms with E-state index in [1.165, 1.54) is 0 Å². The van der Waals surface area contributed by atoms with Gasteiger partial charge in [-0.3, -0.25) is 4.79 Å². The number of hydrogen-bond acceptors (Lipinski definition) is 7. The van der Waals surface area contributed by atoms with Gasteiger partial charge in [0.15, 0.2) is 0 Å². The van der Waals surface area contributed by atoms with Gasteiger partial charge in [-0.05, 0) is 54.5 Å². The van der Waals surface area contributed by atoms with Gasteiger partial charge in [-0.15, -0.1) is 0 Å². The second kappa shape index (κ2) is 7.81. The number of benzene rings is 1. The Kier molecular flexibility index (Phi) is 4.91. The number of anilines is 2. The minimum absolute atomic E-state index is 0.0162. The van der Waals surface area contributed by atoms with Crippen LogP contribution in [0.15, 0.2) is 48.7 Å². The van der Waals surface area contributed by atoms with E-state index in [0.29, 0.717) is 12.3 Å². The zero-order valence-corrected chi connectivity index (χ0v) is 14.6. The molecule has 138 valence electrons. The van der Waals surface area contributed by atoms with Gasteiger partial charge in [0.2, 0.25) is 5.91 Å². The molecule has 1 aromatic carbocycles. The molecule has 0 aliphatic carbocycles. The van der Waals surface area contributed by atoms with Gasteiger partial charge in [0.25, 0.3) is 0 Å². The summed E-state index contributed by atoms with van der Waals surface area (Å²) in [6, 6.07) is 13.0. The lowest BCUT2D eigenvalue weighted by Gasteiger charge is -2.32. The number of amides is 1. The van der Waals surface area contributed by atoms with E-state index in [2.05, 4.69) is 35.8 Å². The molecule has 0 bridgehead atoms. The summed E-state index contributed by atoms with van der Waals surface area (Å²) in [5, 5.41) is 16.2. The van der Waals surface area contributed by atoms with E-state index in [4.69, 9.17) is 4.74 Å². The van der Waals surface area contributed by atoms with Crippen molar-refractivity contribution in [2.75, 3.05) is 23.3 Å². The van der Waals surface area contributed by atoms with E-state index in [-0.39, 0.29) is 17.8 Å². The lowest BCUT2D eigenvalue weighted by Crippen LogP contribution is -2.41. The van der Waals surface area contributed by atoms with Gasteiger partial charge in [0.05, 0.1) is 5.92 Å². The molecule has 1 fully saturated rings. The quantitative estimate of drug-likeness (QED) is 0.713. The minimum Gasteiger partial charge on any atom is -0.422 e. The number of tetrazole rings is 1. The third kappa shape index (κ3) is 4.20. The molecule has 1 aliphatic heterocycles. The zero-order valence-electron chi connectivity index (χ0n) is 14.6. The van der Waals surface area contributed by atoms with Gasteiger partial charge in [-0.2, -0.15) is 5.21 Å². The number of nitrogens with zero attached hydrogens (tertiary/aromatic N) is 5. The van der Waals surface area contributed by atoms with Crippen molar-refractivity contribution in [2.45, 2.75) is 12.8 Å². The van der Waals surface area contributed by atoms with Gasteiger partial charge in [0, 0.05) is 25.0 Å². The molecule has 2 aromatic heterocycles. The summed E-state index contributed by atoms with van der Waals surface area (Å²) < 4.78 is 5.42. The fourth-order valence-electron chi connectivity index (χ4n) is 3.09.